The molecule has 0 aliphatic carbocycles. The number of rotatable bonds is 4. The molecule has 4 nitrogen and oxygen atoms in total. The van der Waals surface area contributed by atoms with E-state index < -0.39 is 27.8 Å². The molecule has 1 heterocycles. The van der Waals surface area contributed by atoms with Gasteiger partial charge in [0, 0.05) is 23.2 Å². The fourth-order valence-electron chi connectivity index (χ4n) is 2.61. The molecule has 0 bridgehead atoms. The Kier molecular flexibility index (Phi) is 5.89. The van der Waals surface area contributed by atoms with Crippen LogP contribution in [-0.2, 0) is 9.84 Å². The van der Waals surface area contributed by atoms with Crippen LogP contribution in [0.2, 0.25) is 10.0 Å². The monoisotopic (exact) mass is 463 g/mol. The number of halogens is 5. The average molecular weight is 464 g/mol. The molecular weight excluding hydrogens is 450 g/mol. The normalized spacial score (nSPS) is 17.2. The highest BCUT2D eigenvalue weighted by atomic mass is 35.5. The molecular formula is C19H14Cl2F3NO3S. The summed E-state index contributed by atoms with van der Waals surface area (Å²) in [6, 6.07) is 10.0. The fraction of sp³-hybridized carbons (Fsp3) is 0.158. The molecule has 154 valence electrons. The first-order chi connectivity index (χ1) is 13.4. The zero-order valence-corrected chi connectivity index (χ0v) is 17.1. The van der Waals surface area contributed by atoms with Gasteiger partial charge in [0.05, 0.1) is 15.5 Å². The van der Waals surface area contributed by atoms with E-state index in [1.54, 1.807) is 0 Å². The topological polar surface area (TPSA) is 46.6 Å². The van der Waals surface area contributed by atoms with Gasteiger partial charge in [-0.05, 0) is 48.6 Å². The predicted molar refractivity (Wildman–Crippen MR) is 106 cm³/mol. The van der Waals surface area contributed by atoms with Crippen LogP contribution in [-0.4, -0.2) is 27.1 Å². The van der Waals surface area contributed by atoms with Gasteiger partial charge >= 0.3 is 6.18 Å². The molecule has 0 aromatic heterocycles. The quantitative estimate of drug-likeness (QED) is 0.589. The Bertz CT molecular complexity index is 1100. The first-order valence-corrected chi connectivity index (χ1v) is 10.8. The highest BCUT2D eigenvalue weighted by Gasteiger charge is 2.36. The number of hydrogen-bond acceptors (Lipinski definition) is 4. The van der Waals surface area contributed by atoms with E-state index in [1.807, 2.05) is 0 Å². The second kappa shape index (κ2) is 7.93. The minimum Gasteiger partial charge on any atom is -0.465 e. The highest BCUT2D eigenvalue weighted by molar-refractivity contribution is 7.90. The summed E-state index contributed by atoms with van der Waals surface area (Å²) in [4.78, 5) is 1.15. The Labute approximate surface area is 175 Å². The molecule has 10 heteroatoms. The fourth-order valence-corrected chi connectivity index (χ4v) is 3.72. The number of ether oxygens (including phenoxy) is 1. The molecule has 0 saturated heterocycles. The van der Waals surface area contributed by atoms with Crippen molar-refractivity contribution in [3.05, 3.63) is 76.4 Å². The molecule has 0 N–H and O–H groups in total. The van der Waals surface area contributed by atoms with Gasteiger partial charge in [-0.15, -0.1) is 0 Å². The molecule has 1 aliphatic rings. The summed E-state index contributed by atoms with van der Waals surface area (Å²) in [7, 11) is -3.56. The predicted octanol–water partition coefficient (Wildman–Crippen LogP) is 5.62. The average Bonchev–Trinajstić information content (AvgIpc) is 2.63. The van der Waals surface area contributed by atoms with Crippen LogP contribution in [0.25, 0.3) is 0 Å². The van der Waals surface area contributed by atoms with Gasteiger partial charge in [0.2, 0.25) is 0 Å². The van der Waals surface area contributed by atoms with Crippen molar-refractivity contribution >= 4 is 38.7 Å². The SMILES string of the molecule is CS(=O)(=O)c1cccc(N2C=C(C(F)(F)F)C=CC2Oc2ccc(Cl)cc2Cl)c1. The second-order valence-corrected chi connectivity index (χ2v) is 9.06. The van der Waals surface area contributed by atoms with Gasteiger partial charge in [0.25, 0.3) is 0 Å². The van der Waals surface area contributed by atoms with E-state index in [0.717, 1.165) is 18.5 Å². The van der Waals surface area contributed by atoms with Crippen molar-refractivity contribution in [2.45, 2.75) is 17.3 Å². The van der Waals surface area contributed by atoms with Gasteiger partial charge in [0.15, 0.2) is 16.1 Å². The van der Waals surface area contributed by atoms with Gasteiger partial charge in [-0.3, -0.25) is 0 Å². The zero-order chi connectivity index (χ0) is 21.4. The third-order valence-corrected chi connectivity index (χ3v) is 5.65. The van der Waals surface area contributed by atoms with Crippen molar-refractivity contribution in [1.82, 2.24) is 0 Å². The van der Waals surface area contributed by atoms with E-state index in [1.165, 1.54) is 53.4 Å². The summed E-state index contributed by atoms with van der Waals surface area (Å²) >= 11 is 12.0. The number of sulfone groups is 1. The third kappa shape index (κ3) is 5.07. The molecule has 0 fully saturated rings. The molecule has 2 aromatic carbocycles. The number of anilines is 1. The Morgan fingerprint density at radius 2 is 1.83 bits per heavy atom. The van der Waals surface area contributed by atoms with Gasteiger partial charge in [-0.25, -0.2) is 8.42 Å². The summed E-state index contributed by atoms with van der Waals surface area (Å²) in [6.07, 6.45) is -1.62. The molecule has 29 heavy (non-hydrogen) atoms. The smallest absolute Gasteiger partial charge is 0.417 e. The van der Waals surface area contributed by atoms with Crippen molar-refractivity contribution in [3.8, 4) is 5.75 Å². The number of benzene rings is 2. The maximum Gasteiger partial charge on any atom is 0.417 e. The van der Waals surface area contributed by atoms with Crippen molar-refractivity contribution < 1.29 is 26.3 Å². The van der Waals surface area contributed by atoms with Crippen molar-refractivity contribution in [3.63, 3.8) is 0 Å². The van der Waals surface area contributed by atoms with E-state index in [9.17, 15) is 21.6 Å². The van der Waals surface area contributed by atoms with Crippen LogP contribution < -0.4 is 9.64 Å². The Hall–Kier alpha value is -2.16. The summed E-state index contributed by atoms with van der Waals surface area (Å²) in [5, 5.41) is 0.555. The molecule has 0 radical (unpaired) electrons. The molecule has 0 amide bonds. The maximum atomic E-state index is 13.2. The van der Waals surface area contributed by atoms with E-state index in [0.29, 0.717) is 5.02 Å². The molecule has 1 unspecified atom stereocenters. The largest absolute Gasteiger partial charge is 0.465 e. The number of allylic oxidation sites excluding steroid dienone is 2. The molecule has 2 aromatic rings. The van der Waals surface area contributed by atoms with Crippen LogP contribution >= 0.6 is 23.2 Å². The van der Waals surface area contributed by atoms with E-state index in [2.05, 4.69) is 0 Å². The Morgan fingerprint density at radius 1 is 1.10 bits per heavy atom. The van der Waals surface area contributed by atoms with Crippen molar-refractivity contribution in [1.29, 1.82) is 0 Å². The Balaban J connectivity index is 2.04. The first-order valence-electron chi connectivity index (χ1n) is 8.12. The Morgan fingerprint density at radius 3 is 2.45 bits per heavy atom. The molecule has 1 atom stereocenters. The molecule has 1 aliphatic heterocycles. The standard InChI is InChI=1S/C19H14Cl2F3NO3S/c1-29(26,27)15-4-2-3-14(10-15)25-11-12(19(22,23)24)5-8-18(25)28-17-7-6-13(20)9-16(17)21/h2-11,18H,1H3. The number of hydrogen-bond donors (Lipinski definition) is 0. The molecule has 0 spiro atoms. The van der Waals surface area contributed by atoms with Crippen LogP contribution in [0.15, 0.2) is 71.3 Å². The lowest BCUT2D eigenvalue weighted by molar-refractivity contribution is -0.0888. The van der Waals surface area contributed by atoms with E-state index in [4.69, 9.17) is 27.9 Å². The zero-order valence-electron chi connectivity index (χ0n) is 14.8. The first kappa shape index (κ1) is 21.5. The van der Waals surface area contributed by atoms with Gasteiger partial charge in [-0.2, -0.15) is 13.2 Å². The van der Waals surface area contributed by atoms with Gasteiger partial charge in [0.1, 0.15) is 5.75 Å². The lowest BCUT2D eigenvalue weighted by Gasteiger charge is -2.33. The van der Waals surface area contributed by atoms with Gasteiger partial charge < -0.3 is 9.64 Å². The highest BCUT2D eigenvalue weighted by Crippen LogP contribution is 2.35. The van der Waals surface area contributed by atoms with Crippen molar-refractivity contribution in [2.75, 3.05) is 11.2 Å². The van der Waals surface area contributed by atoms with E-state index in [-0.39, 0.29) is 21.4 Å². The third-order valence-electron chi connectivity index (χ3n) is 4.01. The summed E-state index contributed by atoms with van der Waals surface area (Å²) in [6.45, 7) is 0. The minimum absolute atomic E-state index is 0.0326. The van der Waals surface area contributed by atoms with Crippen LogP contribution in [0.1, 0.15) is 0 Å². The molecule has 0 saturated carbocycles. The second-order valence-electron chi connectivity index (χ2n) is 6.20. The van der Waals surface area contributed by atoms with Gasteiger partial charge in [-0.1, -0.05) is 29.3 Å². The van der Waals surface area contributed by atoms with E-state index >= 15 is 0 Å². The van der Waals surface area contributed by atoms with Crippen LogP contribution in [0.5, 0.6) is 5.75 Å². The van der Waals surface area contributed by atoms with Crippen LogP contribution in [0.3, 0.4) is 0 Å². The lowest BCUT2D eigenvalue weighted by Crippen LogP contribution is -2.37. The number of nitrogens with zero attached hydrogens (tertiary/aromatic N) is 1. The minimum atomic E-state index is -4.59. The number of alkyl halides is 3. The van der Waals surface area contributed by atoms with Crippen molar-refractivity contribution in [2.24, 2.45) is 0 Å². The maximum absolute atomic E-state index is 13.2. The summed E-state index contributed by atoms with van der Waals surface area (Å²) < 4.78 is 69.2. The van der Waals surface area contributed by atoms with Crippen LogP contribution in [0.4, 0.5) is 18.9 Å². The molecule has 3 rings (SSSR count). The van der Waals surface area contributed by atoms with Crippen LogP contribution in [0, 0.1) is 0 Å². The summed E-state index contributed by atoms with van der Waals surface area (Å²) in [5.74, 6) is 0.207. The lowest BCUT2D eigenvalue weighted by atomic mass is 10.1. The summed E-state index contributed by atoms with van der Waals surface area (Å²) in [5.41, 5.74) is -0.710.